The number of non-ortho nitro benzene ring substituents is 1. The molecule has 4 aromatic rings. The Bertz CT molecular complexity index is 1510. The number of para-hydroxylation sites is 1. The van der Waals surface area contributed by atoms with Crippen LogP contribution in [0.15, 0.2) is 76.1 Å². The molecule has 0 saturated heterocycles. The first-order valence-electron chi connectivity index (χ1n) is 12.6. The Kier molecular flexibility index (Phi) is 6.99. The second-order valence-corrected chi connectivity index (χ2v) is 11.7. The quantitative estimate of drug-likeness (QED) is 0.156. The maximum atomic E-state index is 13.5. The van der Waals surface area contributed by atoms with E-state index in [0.29, 0.717) is 33.6 Å². The smallest absolute Gasteiger partial charge is 0.270 e. The van der Waals surface area contributed by atoms with Crippen LogP contribution in [0, 0.1) is 21.4 Å². The number of thiophene rings is 1. The summed E-state index contributed by atoms with van der Waals surface area (Å²) >= 11 is 1.57. The van der Waals surface area contributed by atoms with Crippen LogP contribution in [0.1, 0.15) is 53.8 Å². The van der Waals surface area contributed by atoms with Crippen molar-refractivity contribution in [3.05, 3.63) is 98.6 Å². The van der Waals surface area contributed by atoms with Crippen molar-refractivity contribution in [2.24, 2.45) is 16.3 Å². The van der Waals surface area contributed by atoms with E-state index < -0.39 is 4.92 Å². The number of carbonyl (C=O) groups excluding carboxylic acids is 1. The summed E-state index contributed by atoms with van der Waals surface area (Å²) in [7, 11) is 0. The highest BCUT2D eigenvalue weighted by Crippen LogP contribution is 2.45. The molecule has 1 amide bonds. The summed E-state index contributed by atoms with van der Waals surface area (Å²) in [6, 6.07) is 19.3. The minimum atomic E-state index is -0.431. The van der Waals surface area contributed by atoms with Crippen LogP contribution in [0.4, 0.5) is 16.4 Å². The molecule has 0 saturated carbocycles. The van der Waals surface area contributed by atoms with Crippen LogP contribution in [0.3, 0.4) is 0 Å². The van der Waals surface area contributed by atoms with Gasteiger partial charge in [-0.15, -0.1) is 11.3 Å². The fraction of sp³-hybridized carbons (Fsp3) is 0.267. The SMILES string of the molecule is CC(C)(C)[C@@H]1CCc2c(sc(N=Cc3ccc(-c4cccc([N+](=O)[O-])c4)o3)c2C(=O)Nc2ccccc2)C1. The topological polar surface area (TPSA) is 97.7 Å². The van der Waals surface area contributed by atoms with Gasteiger partial charge in [0.15, 0.2) is 0 Å². The van der Waals surface area contributed by atoms with Gasteiger partial charge in [-0.1, -0.05) is 51.1 Å². The van der Waals surface area contributed by atoms with Gasteiger partial charge in [-0.25, -0.2) is 4.99 Å². The monoisotopic (exact) mass is 527 g/mol. The fourth-order valence-corrected chi connectivity index (χ4v) is 6.09. The lowest BCUT2D eigenvalue weighted by Crippen LogP contribution is -2.27. The Hall–Kier alpha value is -4.04. The highest BCUT2D eigenvalue weighted by Gasteiger charge is 2.33. The third-order valence-corrected chi connectivity index (χ3v) is 8.17. The Morgan fingerprint density at radius 1 is 1.13 bits per heavy atom. The van der Waals surface area contributed by atoms with Gasteiger partial charge >= 0.3 is 0 Å². The first-order chi connectivity index (χ1) is 18.2. The molecule has 0 bridgehead atoms. The van der Waals surface area contributed by atoms with E-state index in [9.17, 15) is 14.9 Å². The number of hydrogen-bond donors (Lipinski definition) is 1. The fourth-order valence-electron chi connectivity index (χ4n) is 4.82. The van der Waals surface area contributed by atoms with Crippen molar-refractivity contribution in [1.29, 1.82) is 0 Å². The summed E-state index contributed by atoms with van der Waals surface area (Å²) in [4.78, 5) is 30.1. The van der Waals surface area contributed by atoms with Gasteiger partial charge in [0.2, 0.25) is 0 Å². The van der Waals surface area contributed by atoms with Crippen molar-refractivity contribution < 1.29 is 14.1 Å². The molecule has 38 heavy (non-hydrogen) atoms. The molecule has 2 aromatic heterocycles. The van der Waals surface area contributed by atoms with Crippen molar-refractivity contribution in [2.45, 2.75) is 40.0 Å². The van der Waals surface area contributed by atoms with Crippen molar-refractivity contribution >= 4 is 39.8 Å². The van der Waals surface area contributed by atoms with Gasteiger partial charge in [-0.05, 0) is 60.4 Å². The number of furan rings is 1. The predicted molar refractivity (Wildman–Crippen MR) is 152 cm³/mol. The average molecular weight is 528 g/mol. The number of nitrogens with one attached hydrogen (secondary N) is 1. The second-order valence-electron chi connectivity index (χ2n) is 10.6. The minimum Gasteiger partial charge on any atom is -0.455 e. The van der Waals surface area contributed by atoms with E-state index in [-0.39, 0.29) is 17.0 Å². The van der Waals surface area contributed by atoms with Gasteiger partial charge in [0.05, 0.1) is 16.7 Å². The molecule has 7 nitrogen and oxygen atoms in total. The molecule has 1 aliphatic carbocycles. The van der Waals surface area contributed by atoms with Crippen molar-refractivity contribution in [2.75, 3.05) is 5.32 Å². The van der Waals surface area contributed by atoms with Gasteiger partial charge in [0.25, 0.3) is 11.6 Å². The maximum absolute atomic E-state index is 13.5. The summed E-state index contributed by atoms with van der Waals surface area (Å²) in [6.07, 6.45) is 4.42. The zero-order valence-corrected chi connectivity index (χ0v) is 22.4. The number of amides is 1. The van der Waals surface area contributed by atoms with Gasteiger partial charge in [0, 0.05) is 28.3 Å². The number of fused-ring (bicyclic) bond motifs is 1. The van der Waals surface area contributed by atoms with Crippen LogP contribution in [0.25, 0.3) is 11.3 Å². The number of nitrogens with zero attached hydrogens (tertiary/aromatic N) is 2. The third kappa shape index (κ3) is 5.45. The number of aliphatic imine (C=N–C) groups is 1. The Labute approximate surface area is 225 Å². The average Bonchev–Trinajstić information content (AvgIpc) is 3.52. The Morgan fingerprint density at radius 3 is 2.66 bits per heavy atom. The molecule has 0 radical (unpaired) electrons. The molecule has 1 aliphatic rings. The van der Waals surface area contributed by atoms with E-state index in [1.165, 1.54) is 17.0 Å². The lowest BCUT2D eigenvalue weighted by molar-refractivity contribution is -0.384. The van der Waals surface area contributed by atoms with E-state index >= 15 is 0 Å². The molecule has 0 unspecified atom stereocenters. The number of carbonyl (C=O) groups is 1. The zero-order valence-electron chi connectivity index (χ0n) is 21.6. The Morgan fingerprint density at radius 2 is 1.92 bits per heavy atom. The van der Waals surface area contributed by atoms with Crippen LogP contribution in [0.2, 0.25) is 0 Å². The standard InChI is InChI=1S/C30H29N3O4S/c1-30(2,3)20-12-14-24-26(17-20)38-29(27(24)28(34)32-21-9-5-4-6-10-21)31-18-23-13-15-25(37-23)19-8-7-11-22(16-19)33(35)36/h4-11,13,15-16,18,20H,12,14,17H2,1-3H3,(H,32,34)/t20-/m1/s1. The van der Waals surface area contributed by atoms with Crippen LogP contribution < -0.4 is 5.32 Å². The summed E-state index contributed by atoms with van der Waals surface area (Å²) < 4.78 is 5.92. The van der Waals surface area contributed by atoms with Crippen LogP contribution in [-0.2, 0) is 12.8 Å². The molecule has 0 spiro atoms. The minimum absolute atomic E-state index is 0.000847. The number of hydrogen-bond acceptors (Lipinski definition) is 6. The van der Waals surface area contributed by atoms with Gasteiger partial charge in [-0.2, -0.15) is 0 Å². The lowest BCUT2D eigenvalue weighted by atomic mass is 9.72. The summed E-state index contributed by atoms with van der Waals surface area (Å²) in [5.41, 5.74) is 3.26. The number of anilines is 1. The molecule has 2 aromatic carbocycles. The molecule has 5 rings (SSSR count). The highest BCUT2D eigenvalue weighted by atomic mass is 32.1. The van der Waals surface area contributed by atoms with E-state index in [4.69, 9.17) is 9.41 Å². The van der Waals surface area contributed by atoms with Crippen LogP contribution in [-0.4, -0.2) is 17.0 Å². The third-order valence-electron chi connectivity index (χ3n) is 7.01. The zero-order chi connectivity index (χ0) is 26.9. The molecular weight excluding hydrogens is 498 g/mol. The highest BCUT2D eigenvalue weighted by molar-refractivity contribution is 7.16. The van der Waals surface area contributed by atoms with Gasteiger partial charge in [0.1, 0.15) is 16.5 Å². The van der Waals surface area contributed by atoms with Crippen LogP contribution in [0.5, 0.6) is 0 Å². The summed E-state index contributed by atoms with van der Waals surface area (Å²) in [6.45, 7) is 6.82. The maximum Gasteiger partial charge on any atom is 0.270 e. The predicted octanol–water partition coefficient (Wildman–Crippen LogP) is 8.07. The molecule has 2 heterocycles. The number of benzene rings is 2. The normalized spacial score (nSPS) is 15.4. The molecule has 194 valence electrons. The molecule has 1 atom stereocenters. The molecule has 0 aliphatic heterocycles. The largest absolute Gasteiger partial charge is 0.455 e. The van der Waals surface area contributed by atoms with Crippen molar-refractivity contribution in [1.82, 2.24) is 0 Å². The van der Waals surface area contributed by atoms with Gasteiger partial charge in [-0.3, -0.25) is 14.9 Å². The van der Waals surface area contributed by atoms with E-state index in [2.05, 4.69) is 26.1 Å². The molecule has 8 heteroatoms. The van der Waals surface area contributed by atoms with Crippen molar-refractivity contribution in [3.63, 3.8) is 0 Å². The lowest BCUT2D eigenvalue weighted by Gasteiger charge is -2.33. The molecule has 1 N–H and O–H groups in total. The Balaban J connectivity index is 1.46. The van der Waals surface area contributed by atoms with E-state index in [0.717, 1.165) is 30.5 Å². The van der Waals surface area contributed by atoms with Gasteiger partial charge < -0.3 is 9.73 Å². The number of nitro groups is 1. The first-order valence-corrected chi connectivity index (χ1v) is 13.4. The van der Waals surface area contributed by atoms with Crippen molar-refractivity contribution in [3.8, 4) is 11.3 Å². The number of rotatable bonds is 6. The second kappa shape index (κ2) is 10.4. The van der Waals surface area contributed by atoms with E-state index in [1.807, 2.05) is 30.3 Å². The summed E-state index contributed by atoms with van der Waals surface area (Å²) in [5.74, 6) is 1.39. The molecular formula is C30H29N3O4S. The van der Waals surface area contributed by atoms with Crippen LogP contribution >= 0.6 is 11.3 Å². The van der Waals surface area contributed by atoms with E-state index in [1.54, 1.807) is 41.8 Å². The molecule has 0 fully saturated rings. The number of nitro benzene ring substituents is 1. The first kappa shape index (κ1) is 25.6. The summed E-state index contributed by atoms with van der Waals surface area (Å²) in [5, 5.41) is 14.8.